The molecule has 0 bridgehead atoms. The molecule has 0 aliphatic carbocycles. The molecule has 1 aromatic carbocycles. The molecule has 1 aliphatic rings. The second kappa shape index (κ2) is 6.89. The van der Waals surface area contributed by atoms with Crippen LogP contribution in [0, 0.1) is 5.82 Å². The van der Waals surface area contributed by atoms with Crippen LogP contribution >= 0.6 is 0 Å². The maximum Gasteiger partial charge on any atom is 0.127 e. The van der Waals surface area contributed by atoms with Crippen LogP contribution in [-0.4, -0.2) is 42.0 Å². The second-order valence-electron chi connectivity index (χ2n) is 6.78. The molecule has 0 aromatic heterocycles. The van der Waals surface area contributed by atoms with Gasteiger partial charge in [0.05, 0.1) is 0 Å². The molecule has 0 radical (unpaired) electrons. The Bertz CT molecular complexity index is 462. The molecular formula is C18H29FN2. The van der Waals surface area contributed by atoms with Crippen molar-refractivity contribution in [2.45, 2.75) is 52.6 Å². The maximum atomic E-state index is 14.2. The van der Waals surface area contributed by atoms with E-state index >= 15 is 0 Å². The molecule has 0 N–H and O–H groups in total. The SMILES string of the molecule is CC(C)c1ccc(F)c([C@@H](C)N2CCN(C(C)C)CC2)c1. The lowest BCUT2D eigenvalue weighted by molar-refractivity contribution is 0.0822. The van der Waals surface area contributed by atoms with Gasteiger partial charge in [-0.2, -0.15) is 0 Å². The molecule has 0 spiro atoms. The predicted molar refractivity (Wildman–Crippen MR) is 87.2 cm³/mol. The Morgan fingerprint density at radius 2 is 1.48 bits per heavy atom. The molecule has 1 saturated heterocycles. The summed E-state index contributed by atoms with van der Waals surface area (Å²) in [6, 6.07) is 6.35. The van der Waals surface area contributed by atoms with Gasteiger partial charge in [-0.1, -0.05) is 26.0 Å². The van der Waals surface area contributed by atoms with Gasteiger partial charge in [-0.25, -0.2) is 4.39 Å². The molecule has 0 amide bonds. The van der Waals surface area contributed by atoms with Gasteiger partial charge in [0.1, 0.15) is 5.82 Å². The summed E-state index contributed by atoms with van der Waals surface area (Å²) in [5.74, 6) is 0.368. The first-order chi connectivity index (χ1) is 9.90. The van der Waals surface area contributed by atoms with E-state index in [1.54, 1.807) is 6.07 Å². The second-order valence-corrected chi connectivity index (χ2v) is 6.78. The summed E-state index contributed by atoms with van der Waals surface area (Å²) in [6.45, 7) is 15.1. The molecule has 1 aliphatic heterocycles. The number of nitrogens with zero attached hydrogens (tertiary/aromatic N) is 2. The molecule has 1 atom stereocenters. The van der Waals surface area contributed by atoms with Crippen molar-refractivity contribution >= 4 is 0 Å². The van der Waals surface area contributed by atoms with Crippen molar-refractivity contribution in [2.75, 3.05) is 26.2 Å². The quantitative estimate of drug-likeness (QED) is 0.826. The van der Waals surface area contributed by atoms with Crippen LogP contribution in [0.2, 0.25) is 0 Å². The van der Waals surface area contributed by atoms with E-state index in [1.165, 1.54) is 5.56 Å². The lowest BCUT2D eigenvalue weighted by Gasteiger charge is -2.40. The molecule has 1 aromatic rings. The highest BCUT2D eigenvalue weighted by molar-refractivity contribution is 5.29. The number of halogens is 1. The molecular weight excluding hydrogens is 263 g/mol. The van der Waals surface area contributed by atoms with Crippen molar-refractivity contribution in [3.8, 4) is 0 Å². The summed E-state index contributed by atoms with van der Waals surface area (Å²) in [5.41, 5.74) is 2.07. The first-order valence-electron chi connectivity index (χ1n) is 8.17. The zero-order valence-corrected chi connectivity index (χ0v) is 14.1. The molecule has 118 valence electrons. The van der Waals surface area contributed by atoms with Crippen LogP contribution in [-0.2, 0) is 0 Å². The number of rotatable bonds is 4. The lowest BCUT2D eigenvalue weighted by atomic mass is 9.97. The first kappa shape index (κ1) is 16.4. The third-order valence-corrected chi connectivity index (χ3v) is 4.76. The zero-order chi connectivity index (χ0) is 15.6. The van der Waals surface area contributed by atoms with Crippen LogP contribution in [0.5, 0.6) is 0 Å². The van der Waals surface area contributed by atoms with Gasteiger partial charge in [0, 0.05) is 43.8 Å². The van der Waals surface area contributed by atoms with E-state index in [9.17, 15) is 4.39 Å². The summed E-state index contributed by atoms with van der Waals surface area (Å²) in [7, 11) is 0. The molecule has 3 heteroatoms. The minimum Gasteiger partial charge on any atom is -0.298 e. The third kappa shape index (κ3) is 3.83. The van der Waals surface area contributed by atoms with Crippen LogP contribution in [0.3, 0.4) is 0 Å². The minimum atomic E-state index is -0.0711. The van der Waals surface area contributed by atoms with E-state index in [4.69, 9.17) is 0 Å². The van der Waals surface area contributed by atoms with Gasteiger partial charge in [-0.3, -0.25) is 9.80 Å². The van der Waals surface area contributed by atoms with Gasteiger partial charge in [-0.05, 0) is 38.3 Å². The van der Waals surface area contributed by atoms with Crippen molar-refractivity contribution in [3.05, 3.63) is 35.1 Å². The fourth-order valence-corrected chi connectivity index (χ4v) is 3.08. The predicted octanol–water partition coefficient (Wildman–Crippen LogP) is 4.04. The fourth-order valence-electron chi connectivity index (χ4n) is 3.08. The van der Waals surface area contributed by atoms with Crippen LogP contribution < -0.4 is 0 Å². The van der Waals surface area contributed by atoms with E-state index in [0.29, 0.717) is 12.0 Å². The van der Waals surface area contributed by atoms with E-state index < -0.39 is 0 Å². The van der Waals surface area contributed by atoms with Crippen molar-refractivity contribution in [1.29, 1.82) is 0 Å². The van der Waals surface area contributed by atoms with Gasteiger partial charge in [0.15, 0.2) is 0 Å². The Balaban J connectivity index is 2.10. The van der Waals surface area contributed by atoms with Gasteiger partial charge >= 0.3 is 0 Å². The van der Waals surface area contributed by atoms with E-state index in [1.807, 2.05) is 6.07 Å². The molecule has 1 fully saturated rings. The third-order valence-electron chi connectivity index (χ3n) is 4.76. The smallest absolute Gasteiger partial charge is 0.127 e. The Kier molecular flexibility index (Phi) is 5.39. The first-order valence-corrected chi connectivity index (χ1v) is 8.17. The highest BCUT2D eigenvalue weighted by Crippen LogP contribution is 2.27. The lowest BCUT2D eigenvalue weighted by Crippen LogP contribution is -2.49. The fraction of sp³-hybridized carbons (Fsp3) is 0.667. The zero-order valence-electron chi connectivity index (χ0n) is 14.1. The van der Waals surface area contributed by atoms with Crippen molar-refractivity contribution < 1.29 is 4.39 Å². The summed E-state index contributed by atoms with van der Waals surface area (Å²) in [5, 5.41) is 0. The summed E-state index contributed by atoms with van der Waals surface area (Å²) < 4.78 is 14.2. The molecule has 1 heterocycles. The maximum absolute atomic E-state index is 14.2. The highest BCUT2D eigenvalue weighted by Gasteiger charge is 2.25. The van der Waals surface area contributed by atoms with Crippen molar-refractivity contribution in [1.82, 2.24) is 9.80 Å². The average Bonchev–Trinajstić information content (AvgIpc) is 2.47. The van der Waals surface area contributed by atoms with Crippen LogP contribution in [0.4, 0.5) is 4.39 Å². The normalized spacial score (nSPS) is 19.4. The van der Waals surface area contributed by atoms with Crippen molar-refractivity contribution in [3.63, 3.8) is 0 Å². The summed E-state index contributed by atoms with van der Waals surface area (Å²) >= 11 is 0. The number of hydrogen-bond acceptors (Lipinski definition) is 2. The topological polar surface area (TPSA) is 6.48 Å². The van der Waals surface area contributed by atoms with Gasteiger partial charge in [0.2, 0.25) is 0 Å². The summed E-state index contributed by atoms with van der Waals surface area (Å²) in [6.07, 6.45) is 0. The van der Waals surface area contributed by atoms with Crippen LogP contribution in [0.1, 0.15) is 57.7 Å². The largest absolute Gasteiger partial charge is 0.298 e. The van der Waals surface area contributed by atoms with Crippen molar-refractivity contribution in [2.24, 2.45) is 0 Å². The Hall–Kier alpha value is -0.930. The van der Waals surface area contributed by atoms with Crippen LogP contribution in [0.25, 0.3) is 0 Å². The van der Waals surface area contributed by atoms with Crippen LogP contribution in [0.15, 0.2) is 18.2 Å². The molecule has 2 rings (SSSR count). The number of piperazine rings is 1. The van der Waals surface area contributed by atoms with E-state index in [2.05, 4.69) is 50.5 Å². The monoisotopic (exact) mass is 292 g/mol. The average molecular weight is 292 g/mol. The van der Waals surface area contributed by atoms with Gasteiger partial charge < -0.3 is 0 Å². The molecule has 2 nitrogen and oxygen atoms in total. The van der Waals surface area contributed by atoms with E-state index in [-0.39, 0.29) is 11.9 Å². The van der Waals surface area contributed by atoms with Gasteiger partial charge in [0.25, 0.3) is 0 Å². The highest BCUT2D eigenvalue weighted by atomic mass is 19.1. The minimum absolute atomic E-state index is 0.0711. The Morgan fingerprint density at radius 1 is 0.905 bits per heavy atom. The molecule has 21 heavy (non-hydrogen) atoms. The number of hydrogen-bond donors (Lipinski definition) is 0. The number of benzene rings is 1. The standard InChI is InChI=1S/C18H29FN2/c1-13(2)16-6-7-18(19)17(12-16)15(5)21-10-8-20(9-11-21)14(3)4/h6-7,12-15H,8-11H2,1-5H3/t15-/m1/s1. The van der Waals surface area contributed by atoms with E-state index in [0.717, 1.165) is 31.7 Å². The Labute approximate surface area is 128 Å². The summed E-state index contributed by atoms with van der Waals surface area (Å²) in [4.78, 5) is 4.89. The Morgan fingerprint density at radius 3 is 2.00 bits per heavy atom. The molecule has 0 saturated carbocycles. The van der Waals surface area contributed by atoms with Gasteiger partial charge in [-0.15, -0.1) is 0 Å². The molecule has 0 unspecified atom stereocenters.